The molecule has 0 N–H and O–H groups in total. The van der Waals surface area contributed by atoms with Gasteiger partial charge in [-0.2, -0.15) is 9.57 Å². The van der Waals surface area contributed by atoms with Crippen molar-refractivity contribution in [2.75, 3.05) is 31.1 Å². The van der Waals surface area contributed by atoms with E-state index in [4.69, 9.17) is 5.26 Å². The van der Waals surface area contributed by atoms with E-state index in [0.717, 1.165) is 6.07 Å². The molecule has 2 aromatic rings. The summed E-state index contributed by atoms with van der Waals surface area (Å²) < 4.78 is 53.5. The summed E-state index contributed by atoms with van der Waals surface area (Å²) in [5.41, 5.74) is 0.397. The maximum absolute atomic E-state index is 13.7. The maximum atomic E-state index is 13.7. The largest absolute Gasteiger partial charge is 0.368 e. The second kappa shape index (κ2) is 6.78. The van der Waals surface area contributed by atoms with Crippen molar-refractivity contribution in [1.29, 1.82) is 5.26 Å². The van der Waals surface area contributed by atoms with Gasteiger partial charge in [-0.25, -0.2) is 17.2 Å². The Hall–Kier alpha value is -2.50. The third kappa shape index (κ3) is 3.34. The molecule has 5 nitrogen and oxygen atoms in total. The first-order chi connectivity index (χ1) is 11.9. The molecule has 130 valence electrons. The summed E-state index contributed by atoms with van der Waals surface area (Å²) in [6.45, 7) is 0.958. The Labute approximate surface area is 144 Å². The van der Waals surface area contributed by atoms with Gasteiger partial charge in [-0.1, -0.05) is 12.1 Å². The van der Waals surface area contributed by atoms with Crippen LogP contribution in [0.3, 0.4) is 0 Å². The van der Waals surface area contributed by atoms with Crippen molar-refractivity contribution >= 4 is 15.7 Å². The number of rotatable bonds is 3. The molecule has 1 saturated heterocycles. The molecule has 1 aliphatic rings. The molecule has 0 bridgehead atoms. The number of nitriles is 1. The summed E-state index contributed by atoms with van der Waals surface area (Å²) in [6.07, 6.45) is 0. The van der Waals surface area contributed by atoms with Gasteiger partial charge in [-0.05, 0) is 30.3 Å². The van der Waals surface area contributed by atoms with Crippen LogP contribution >= 0.6 is 0 Å². The highest BCUT2D eigenvalue weighted by Gasteiger charge is 2.29. The third-order valence-corrected chi connectivity index (χ3v) is 6.01. The van der Waals surface area contributed by atoms with Crippen LogP contribution < -0.4 is 4.90 Å². The minimum atomic E-state index is -3.79. The summed E-state index contributed by atoms with van der Waals surface area (Å²) in [5.74, 6) is -1.21. The highest BCUT2D eigenvalue weighted by molar-refractivity contribution is 7.89. The molecule has 2 aromatic carbocycles. The number of nitrogens with zero attached hydrogens (tertiary/aromatic N) is 3. The molecule has 0 saturated carbocycles. The predicted molar refractivity (Wildman–Crippen MR) is 88.5 cm³/mol. The quantitative estimate of drug-likeness (QED) is 0.840. The molecule has 3 rings (SSSR count). The lowest BCUT2D eigenvalue weighted by atomic mass is 10.1. The second-order valence-corrected chi connectivity index (χ2v) is 7.53. The number of piperazine rings is 1. The number of sulfonamides is 1. The first-order valence-corrected chi connectivity index (χ1v) is 9.07. The van der Waals surface area contributed by atoms with Gasteiger partial charge in [0.25, 0.3) is 0 Å². The molecule has 1 aliphatic heterocycles. The Bertz CT molecular complexity index is 933. The van der Waals surface area contributed by atoms with Crippen LogP contribution in [0.1, 0.15) is 5.56 Å². The van der Waals surface area contributed by atoms with Gasteiger partial charge in [0.2, 0.25) is 10.0 Å². The molecule has 0 aromatic heterocycles. The fourth-order valence-electron chi connectivity index (χ4n) is 2.83. The van der Waals surface area contributed by atoms with Gasteiger partial charge >= 0.3 is 0 Å². The van der Waals surface area contributed by atoms with Gasteiger partial charge in [0.05, 0.1) is 10.6 Å². The molecule has 8 heteroatoms. The summed E-state index contributed by atoms with van der Waals surface area (Å²) in [6, 6.07) is 11.1. The smallest absolute Gasteiger partial charge is 0.243 e. The van der Waals surface area contributed by atoms with E-state index in [1.807, 2.05) is 6.07 Å². The molecule has 0 aliphatic carbocycles. The number of hydrogen-bond donors (Lipinski definition) is 0. The van der Waals surface area contributed by atoms with Gasteiger partial charge in [0.1, 0.15) is 23.3 Å². The number of anilines is 1. The van der Waals surface area contributed by atoms with Crippen molar-refractivity contribution in [3.05, 3.63) is 59.7 Å². The average Bonchev–Trinajstić information content (AvgIpc) is 2.61. The van der Waals surface area contributed by atoms with Gasteiger partial charge < -0.3 is 4.90 Å². The number of halogens is 2. The molecule has 1 fully saturated rings. The van der Waals surface area contributed by atoms with E-state index in [-0.39, 0.29) is 23.5 Å². The molecule has 25 heavy (non-hydrogen) atoms. The van der Waals surface area contributed by atoms with Crippen LogP contribution in [-0.4, -0.2) is 38.9 Å². The maximum Gasteiger partial charge on any atom is 0.243 e. The Morgan fingerprint density at radius 1 is 1.00 bits per heavy atom. The summed E-state index contributed by atoms with van der Waals surface area (Å²) in [5, 5.41) is 9.13. The average molecular weight is 363 g/mol. The summed E-state index contributed by atoms with van der Waals surface area (Å²) in [7, 11) is -3.79. The Kier molecular flexibility index (Phi) is 4.70. The van der Waals surface area contributed by atoms with Crippen molar-refractivity contribution in [1.82, 2.24) is 4.31 Å². The molecule has 0 spiro atoms. The SMILES string of the molecule is N#Cc1c(F)cccc1N1CCN(S(=O)(=O)c2cccc(F)c2)CC1. The highest BCUT2D eigenvalue weighted by atomic mass is 32.2. The van der Waals surface area contributed by atoms with Crippen molar-refractivity contribution in [3.63, 3.8) is 0 Å². The first kappa shape index (κ1) is 17.3. The van der Waals surface area contributed by atoms with Crippen molar-refractivity contribution in [2.45, 2.75) is 4.90 Å². The number of hydrogen-bond acceptors (Lipinski definition) is 4. The predicted octanol–water partition coefficient (Wildman–Crippen LogP) is 2.35. The second-order valence-electron chi connectivity index (χ2n) is 5.59. The zero-order chi connectivity index (χ0) is 18.0. The van der Waals surface area contributed by atoms with Crippen LogP contribution in [-0.2, 0) is 10.0 Å². The van der Waals surface area contributed by atoms with Gasteiger partial charge in [0.15, 0.2) is 0 Å². The van der Waals surface area contributed by atoms with Gasteiger partial charge in [-0.3, -0.25) is 0 Å². The first-order valence-electron chi connectivity index (χ1n) is 7.63. The van der Waals surface area contributed by atoms with E-state index < -0.39 is 21.7 Å². The summed E-state index contributed by atoms with van der Waals surface area (Å²) in [4.78, 5) is 1.68. The van der Waals surface area contributed by atoms with Gasteiger partial charge in [-0.15, -0.1) is 0 Å². The highest BCUT2D eigenvalue weighted by Crippen LogP contribution is 2.25. The fourth-order valence-corrected chi connectivity index (χ4v) is 4.29. The lowest BCUT2D eigenvalue weighted by Gasteiger charge is -2.35. The van der Waals surface area contributed by atoms with Crippen LogP contribution in [0.2, 0.25) is 0 Å². The molecule has 0 radical (unpaired) electrons. The van der Waals surface area contributed by atoms with Crippen LogP contribution in [0.5, 0.6) is 0 Å². The lowest BCUT2D eigenvalue weighted by molar-refractivity contribution is 0.384. The van der Waals surface area contributed by atoms with E-state index in [9.17, 15) is 17.2 Å². The zero-order valence-corrected chi connectivity index (χ0v) is 14.0. The van der Waals surface area contributed by atoms with E-state index in [1.165, 1.54) is 34.6 Å². The number of benzene rings is 2. The van der Waals surface area contributed by atoms with Crippen molar-refractivity contribution in [3.8, 4) is 6.07 Å². The Morgan fingerprint density at radius 3 is 2.32 bits per heavy atom. The molecule has 1 heterocycles. The van der Waals surface area contributed by atoms with Crippen molar-refractivity contribution < 1.29 is 17.2 Å². The minimum Gasteiger partial charge on any atom is -0.368 e. The van der Waals surface area contributed by atoms with Crippen molar-refractivity contribution in [2.24, 2.45) is 0 Å². The molecular formula is C17H15F2N3O2S. The topological polar surface area (TPSA) is 64.4 Å². The van der Waals surface area contributed by atoms with Crippen LogP contribution in [0.4, 0.5) is 14.5 Å². The van der Waals surface area contributed by atoms with Crippen LogP contribution in [0.15, 0.2) is 47.4 Å². The minimum absolute atomic E-state index is 0.0519. The zero-order valence-electron chi connectivity index (χ0n) is 13.2. The Morgan fingerprint density at radius 2 is 1.68 bits per heavy atom. The summed E-state index contributed by atoms with van der Waals surface area (Å²) >= 11 is 0. The molecule has 0 unspecified atom stereocenters. The Balaban J connectivity index is 1.79. The molecule has 0 amide bonds. The normalized spacial score (nSPS) is 15.8. The van der Waals surface area contributed by atoms with E-state index >= 15 is 0 Å². The lowest BCUT2D eigenvalue weighted by Crippen LogP contribution is -2.48. The van der Waals surface area contributed by atoms with Crippen LogP contribution in [0, 0.1) is 23.0 Å². The van der Waals surface area contributed by atoms with Crippen LogP contribution in [0.25, 0.3) is 0 Å². The standard InChI is InChI=1S/C17H15F2N3O2S/c18-13-3-1-4-14(11-13)25(23,24)22-9-7-21(8-10-22)17-6-2-5-16(19)15(17)12-20/h1-6,11H,7-10H2. The molecular weight excluding hydrogens is 348 g/mol. The third-order valence-electron chi connectivity index (χ3n) is 4.12. The monoisotopic (exact) mass is 363 g/mol. The van der Waals surface area contributed by atoms with E-state index in [2.05, 4.69) is 0 Å². The van der Waals surface area contributed by atoms with Gasteiger partial charge in [0, 0.05) is 26.2 Å². The molecule has 0 atom stereocenters. The van der Waals surface area contributed by atoms with E-state index in [0.29, 0.717) is 18.8 Å². The fraction of sp³-hybridized carbons (Fsp3) is 0.235. The van der Waals surface area contributed by atoms with E-state index in [1.54, 1.807) is 11.0 Å².